The average Bonchev–Trinajstić information content (AvgIpc) is 3.43. The second-order valence-corrected chi connectivity index (χ2v) is 11.9. The summed E-state index contributed by atoms with van der Waals surface area (Å²) in [6, 6.07) is 13.7. The zero-order valence-corrected chi connectivity index (χ0v) is 20.2. The number of nitrogens with zero attached hydrogens (tertiary/aromatic N) is 2. The first-order chi connectivity index (χ1) is 15.9. The first kappa shape index (κ1) is 22.1. The summed E-state index contributed by atoms with van der Waals surface area (Å²) in [5.74, 6) is 0.577. The van der Waals surface area contributed by atoms with Crippen LogP contribution in [-0.4, -0.2) is 24.8 Å². The summed E-state index contributed by atoms with van der Waals surface area (Å²) in [5, 5.41) is 10.2. The monoisotopic (exact) mass is 479 g/mol. The van der Waals surface area contributed by atoms with E-state index in [1.807, 2.05) is 50.4 Å². The third-order valence-corrected chi connectivity index (χ3v) is 9.06. The van der Waals surface area contributed by atoms with Crippen molar-refractivity contribution in [1.29, 1.82) is 5.26 Å². The Morgan fingerprint density at radius 2 is 2.03 bits per heavy atom. The number of rotatable bonds is 7. The molecule has 1 N–H and O–H groups in total. The lowest BCUT2D eigenvalue weighted by molar-refractivity contribution is 0.242. The number of nitriles is 1. The van der Waals surface area contributed by atoms with Crippen LogP contribution >= 0.6 is 11.3 Å². The van der Waals surface area contributed by atoms with Gasteiger partial charge in [0.1, 0.15) is 16.8 Å². The van der Waals surface area contributed by atoms with E-state index < -0.39 is 10.0 Å². The fourth-order valence-corrected chi connectivity index (χ4v) is 6.88. The van der Waals surface area contributed by atoms with Gasteiger partial charge in [-0.3, -0.25) is 0 Å². The minimum absolute atomic E-state index is 0.00725. The zero-order valence-electron chi connectivity index (χ0n) is 18.5. The van der Waals surface area contributed by atoms with Gasteiger partial charge in [0.25, 0.3) is 0 Å². The second kappa shape index (κ2) is 8.56. The molecule has 33 heavy (non-hydrogen) atoms. The Morgan fingerprint density at radius 3 is 2.76 bits per heavy atom. The molecule has 2 aliphatic carbocycles. The van der Waals surface area contributed by atoms with E-state index in [-0.39, 0.29) is 17.4 Å². The molecule has 1 aromatic heterocycles. The van der Waals surface area contributed by atoms with E-state index in [9.17, 15) is 13.7 Å². The summed E-state index contributed by atoms with van der Waals surface area (Å²) in [6.07, 6.45) is 4.98. The molecule has 2 aliphatic rings. The van der Waals surface area contributed by atoms with Crippen LogP contribution < -0.4 is 9.46 Å². The van der Waals surface area contributed by atoms with Gasteiger partial charge in [-0.05, 0) is 74.4 Å². The highest BCUT2D eigenvalue weighted by atomic mass is 32.2. The highest BCUT2D eigenvalue weighted by molar-refractivity contribution is 7.90. The lowest BCUT2D eigenvalue weighted by atomic mass is 10.0. The Morgan fingerprint density at radius 1 is 1.21 bits per heavy atom. The molecule has 0 aliphatic heterocycles. The van der Waals surface area contributed by atoms with E-state index in [1.54, 1.807) is 11.3 Å². The lowest BCUT2D eigenvalue weighted by Gasteiger charge is -2.14. The van der Waals surface area contributed by atoms with Crippen LogP contribution in [0.25, 0.3) is 21.0 Å². The molecule has 0 unspecified atom stereocenters. The van der Waals surface area contributed by atoms with E-state index in [1.165, 1.54) is 5.56 Å². The first-order valence-corrected chi connectivity index (χ1v) is 13.5. The standard InChI is InChI=1S/C25H25N3O3S2/c1-15(2)31-23-11-6-16(12-17(23)13-26)25-27-14-24(32-25)21-5-3-4-20-19(21)9-10-22(20)28-33(29,30)18-7-8-18/h3-6,11-12,14-15,18,22,28H,7-10H2,1-2H3/t22-/m1/s1. The van der Waals surface area contributed by atoms with Crippen molar-refractivity contribution in [3.8, 4) is 32.8 Å². The van der Waals surface area contributed by atoms with Crippen molar-refractivity contribution in [1.82, 2.24) is 9.71 Å². The molecule has 1 heterocycles. The molecule has 1 atom stereocenters. The summed E-state index contributed by atoms with van der Waals surface area (Å²) in [4.78, 5) is 5.66. The number of aromatic nitrogens is 1. The van der Waals surface area contributed by atoms with Gasteiger partial charge in [0.05, 0.1) is 21.8 Å². The van der Waals surface area contributed by atoms with Crippen molar-refractivity contribution in [3.63, 3.8) is 0 Å². The van der Waals surface area contributed by atoms with Gasteiger partial charge < -0.3 is 4.74 Å². The molecule has 3 aromatic rings. The molecular formula is C25H25N3O3S2. The highest BCUT2D eigenvalue weighted by Crippen LogP contribution is 2.42. The van der Waals surface area contributed by atoms with Gasteiger partial charge in [-0.1, -0.05) is 18.2 Å². The summed E-state index contributed by atoms with van der Waals surface area (Å²) >= 11 is 1.57. The van der Waals surface area contributed by atoms with Gasteiger partial charge in [-0.2, -0.15) is 5.26 Å². The van der Waals surface area contributed by atoms with Crippen LogP contribution in [0.15, 0.2) is 42.6 Å². The van der Waals surface area contributed by atoms with Crippen LogP contribution in [0.3, 0.4) is 0 Å². The molecule has 0 spiro atoms. The number of ether oxygens (including phenoxy) is 1. The minimum Gasteiger partial charge on any atom is -0.490 e. The zero-order chi connectivity index (χ0) is 23.2. The SMILES string of the molecule is CC(C)Oc1ccc(-c2ncc(-c3cccc4c3CC[C@H]4NS(=O)(=O)C3CC3)s2)cc1C#N. The van der Waals surface area contributed by atoms with Crippen molar-refractivity contribution in [2.24, 2.45) is 0 Å². The molecular weight excluding hydrogens is 454 g/mol. The molecule has 0 saturated heterocycles. The topological polar surface area (TPSA) is 92.1 Å². The van der Waals surface area contributed by atoms with Gasteiger partial charge in [-0.25, -0.2) is 18.1 Å². The Balaban J connectivity index is 1.43. The molecule has 170 valence electrons. The average molecular weight is 480 g/mol. The van der Waals surface area contributed by atoms with Crippen LogP contribution in [-0.2, 0) is 16.4 Å². The van der Waals surface area contributed by atoms with E-state index in [0.717, 1.165) is 52.3 Å². The molecule has 6 nitrogen and oxygen atoms in total. The molecule has 8 heteroatoms. The number of thiazole rings is 1. The first-order valence-electron chi connectivity index (χ1n) is 11.2. The molecule has 0 amide bonds. The molecule has 1 fully saturated rings. The summed E-state index contributed by atoms with van der Waals surface area (Å²) < 4.78 is 33.6. The van der Waals surface area contributed by atoms with Crippen molar-refractivity contribution in [3.05, 3.63) is 59.3 Å². The van der Waals surface area contributed by atoms with Crippen LogP contribution in [0, 0.1) is 11.3 Å². The predicted molar refractivity (Wildman–Crippen MR) is 130 cm³/mol. The largest absolute Gasteiger partial charge is 0.490 e. The summed E-state index contributed by atoms with van der Waals surface area (Å²) in [5.41, 5.74) is 4.72. The Kier molecular flexibility index (Phi) is 5.73. The number of benzene rings is 2. The van der Waals surface area contributed by atoms with Crippen LogP contribution in [0.4, 0.5) is 0 Å². The van der Waals surface area contributed by atoms with E-state index >= 15 is 0 Å². The van der Waals surface area contributed by atoms with Crippen LogP contribution in [0.1, 0.15) is 55.8 Å². The molecule has 1 saturated carbocycles. The van der Waals surface area contributed by atoms with E-state index in [0.29, 0.717) is 11.3 Å². The number of fused-ring (bicyclic) bond motifs is 1. The third kappa shape index (κ3) is 4.41. The van der Waals surface area contributed by atoms with E-state index in [2.05, 4.69) is 21.8 Å². The third-order valence-electron chi connectivity index (χ3n) is 6.02. The molecule has 0 bridgehead atoms. The predicted octanol–water partition coefficient (Wildman–Crippen LogP) is 5.21. The summed E-state index contributed by atoms with van der Waals surface area (Å²) in [7, 11) is -3.24. The molecule has 2 aromatic carbocycles. The lowest BCUT2D eigenvalue weighted by Crippen LogP contribution is -2.30. The quantitative estimate of drug-likeness (QED) is 0.502. The van der Waals surface area contributed by atoms with Gasteiger partial charge >= 0.3 is 0 Å². The van der Waals surface area contributed by atoms with Gasteiger partial charge in [-0.15, -0.1) is 11.3 Å². The van der Waals surface area contributed by atoms with Crippen LogP contribution in [0.2, 0.25) is 0 Å². The van der Waals surface area contributed by atoms with Gasteiger partial charge in [0.15, 0.2) is 0 Å². The van der Waals surface area contributed by atoms with Crippen molar-refractivity contribution < 1.29 is 13.2 Å². The maximum Gasteiger partial charge on any atom is 0.215 e. The molecule has 5 rings (SSSR count). The van der Waals surface area contributed by atoms with Crippen molar-refractivity contribution >= 4 is 21.4 Å². The fraction of sp³-hybridized carbons (Fsp3) is 0.360. The Hall–Kier alpha value is -2.73. The van der Waals surface area contributed by atoms with Crippen LogP contribution in [0.5, 0.6) is 5.75 Å². The maximum absolute atomic E-state index is 12.5. The smallest absolute Gasteiger partial charge is 0.215 e. The Labute approximate surface area is 198 Å². The maximum atomic E-state index is 12.5. The summed E-state index contributed by atoms with van der Waals surface area (Å²) in [6.45, 7) is 3.86. The number of hydrogen-bond donors (Lipinski definition) is 1. The highest BCUT2D eigenvalue weighted by Gasteiger charge is 2.38. The number of nitrogens with one attached hydrogen (secondary N) is 1. The molecule has 0 radical (unpaired) electrons. The normalized spacial score (nSPS) is 17.7. The number of hydrogen-bond acceptors (Lipinski definition) is 6. The number of sulfonamides is 1. The minimum atomic E-state index is -3.24. The Bertz CT molecular complexity index is 1350. The fourth-order valence-electron chi connectivity index (χ4n) is 4.32. The van der Waals surface area contributed by atoms with Gasteiger partial charge in [0.2, 0.25) is 10.0 Å². The van der Waals surface area contributed by atoms with Gasteiger partial charge in [0, 0.05) is 17.8 Å². The van der Waals surface area contributed by atoms with Crippen molar-refractivity contribution in [2.75, 3.05) is 0 Å². The van der Waals surface area contributed by atoms with E-state index in [4.69, 9.17) is 4.74 Å². The van der Waals surface area contributed by atoms with Crippen molar-refractivity contribution in [2.45, 2.75) is 56.9 Å². The second-order valence-electron chi connectivity index (χ2n) is 8.85.